The van der Waals surface area contributed by atoms with E-state index < -0.39 is 5.60 Å². The second-order valence-electron chi connectivity index (χ2n) is 6.62. The van der Waals surface area contributed by atoms with Crippen LogP contribution in [0.2, 0.25) is 0 Å². The molecular formula is C15H27N3O. The van der Waals surface area contributed by atoms with Crippen molar-refractivity contribution in [1.29, 1.82) is 0 Å². The predicted octanol–water partition coefficient (Wildman–Crippen LogP) is 2.81. The summed E-state index contributed by atoms with van der Waals surface area (Å²) in [6.45, 7) is 7.18. The van der Waals surface area contributed by atoms with Crippen molar-refractivity contribution in [2.45, 2.75) is 71.4 Å². The van der Waals surface area contributed by atoms with Gasteiger partial charge in [-0.15, -0.1) is 0 Å². The van der Waals surface area contributed by atoms with Gasteiger partial charge < -0.3 is 5.11 Å². The number of rotatable bonds is 5. The van der Waals surface area contributed by atoms with E-state index >= 15 is 0 Å². The molecule has 2 rings (SSSR count). The molecule has 1 N–H and O–H groups in total. The maximum absolute atomic E-state index is 10.8. The van der Waals surface area contributed by atoms with Gasteiger partial charge in [-0.3, -0.25) is 0 Å². The Labute approximate surface area is 116 Å². The van der Waals surface area contributed by atoms with Crippen LogP contribution in [-0.4, -0.2) is 25.5 Å². The molecule has 1 aliphatic carbocycles. The summed E-state index contributed by atoms with van der Waals surface area (Å²) in [4.78, 5) is 4.34. The number of hydrogen-bond acceptors (Lipinski definition) is 3. The molecule has 1 fully saturated rings. The molecule has 1 heterocycles. The zero-order valence-electron chi connectivity index (χ0n) is 12.5. The fourth-order valence-electron chi connectivity index (χ4n) is 3.11. The molecule has 0 aromatic carbocycles. The van der Waals surface area contributed by atoms with Crippen LogP contribution < -0.4 is 0 Å². The zero-order valence-corrected chi connectivity index (χ0v) is 12.5. The smallest absolute Gasteiger partial charge is 0.138 e. The molecule has 1 saturated carbocycles. The van der Waals surface area contributed by atoms with Crippen molar-refractivity contribution in [2.75, 3.05) is 0 Å². The molecule has 1 aromatic heterocycles. The first-order chi connectivity index (χ1) is 8.99. The van der Waals surface area contributed by atoms with Crippen LogP contribution in [0.3, 0.4) is 0 Å². The highest BCUT2D eigenvalue weighted by Crippen LogP contribution is 2.34. The van der Waals surface area contributed by atoms with Gasteiger partial charge in [-0.25, -0.2) is 9.67 Å². The average molecular weight is 265 g/mol. The Bertz CT molecular complexity index is 392. The monoisotopic (exact) mass is 265 g/mol. The van der Waals surface area contributed by atoms with Crippen LogP contribution in [0.4, 0.5) is 0 Å². The molecule has 4 nitrogen and oxygen atoms in total. The maximum atomic E-state index is 10.8. The maximum Gasteiger partial charge on any atom is 0.138 e. The van der Waals surface area contributed by atoms with Crippen molar-refractivity contribution in [2.24, 2.45) is 11.8 Å². The number of aromatic nitrogens is 3. The highest BCUT2D eigenvalue weighted by atomic mass is 16.3. The first-order valence-corrected chi connectivity index (χ1v) is 7.58. The van der Waals surface area contributed by atoms with Gasteiger partial charge in [0.05, 0.1) is 5.60 Å². The summed E-state index contributed by atoms with van der Waals surface area (Å²) >= 11 is 0. The summed E-state index contributed by atoms with van der Waals surface area (Å²) in [6, 6.07) is 0. The molecule has 108 valence electrons. The standard InChI is InChI=1S/C15H27N3O/c1-12(2)10-18-14(16-11-17-18)9-15(3,19)13-7-5-4-6-8-13/h11-13,19H,4-10H2,1-3H3. The van der Waals surface area contributed by atoms with E-state index in [4.69, 9.17) is 0 Å². The van der Waals surface area contributed by atoms with Gasteiger partial charge in [0.2, 0.25) is 0 Å². The Balaban J connectivity index is 2.04. The van der Waals surface area contributed by atoms with Crippen LogP contribution in [0.15, 0.2) is 6.33 Å². The molecule has 1 atom stereocenters. The van der Waals surface area contributed by atoms with Gasteiger partial charge in [-0.2, -0.15) is 5.10 Å². The normalized spacial score (nSPS) is 20.7. The van der Waals surface area contributed by atoms with E-state index in [2.05, 4.69) is 23.9 Å². The lowest BCUT2D eigenvalue weighted by molar-refractivity contribution is -0.0183. The molecule has 0 amide bonds. The molecule has 1 aliphatic rings. The SMILES string of the molecule is CC(C)Cn1ncnc1CC(C)(O)C1CCCCC1. The summed E-state index contributed by atoms with van der Waals surface area (Å²) < 4.78 is 1.95. The van der Waals surface area contributed by atoms with Gasteiger partial charge in [0, 0.05) is 13.0 Å². The second kappa shape index (κ2) is 6.04. The van der Waals surface area contributed by atoms with Crippen molar-refractivity contribution < 1.29 is 5.11 Å². The lowest BCUT2D eigenvalue weighted by Gasteiger charge is -2.35. The summed E-state index contributed by atoms with van der Waals surface area (Å²) in [6.07, 6.45) is 8.32. The molecule has 0 bridgehead atoms. The number of hydrogen-bond donors (Lipinski definition) is 1. The van der Waals surface area contributed by atoms with Crippen molar-refractivity contribution >= 4 is 0 Å². The second-order valence-corrected chi connectivity index (χ2v) is 6.62. The van der Waals surface area contributed by atoms with Crippen LogP contribution >= 0.6 is 0 Å². The molecule has 4 heteroatoms. The topological polar surface area (TPSA) is 50.9 Å². The Kier molecular flexibility index (Phi) is 4.61. The van der Waals surface area contributed by atoms with Gasteiger partial charge in [-0.05, 0) is 31.6 Å². The Morgan fingerprint density at radius 1 is 1.37 bits per heavy atom. The fourth-order valence-corrected chi connectivity index (χ4v) is 3.11. The van der Waals surface area contributed by atoms with Crippen LogP contribution in [0.5, 0.6) is 0 Å². The number of nitrogens with zero attached hydrogens (tertiary/aromatic N) is 3. The van der Waals surface area contributed by atoms with E-state index in [1.807, 2.05) is 11.6 Å². The minimum absolute atomic E-state index is 0.408. The van der Waals surface area contributed by atoms with E-state index in [1.165, 1.54) is 19.3 Å². The van der Waals surface area contributed by atoms with Crippen molar-refractivity contribution in [3.63, 3.8) is 0 Å². The van der Waals surface area contributed by atoms with Crippen molar-refractivity contribution in [3.05, 3.63) is 12.2 Å². The fraction of sp³-hybridized carbons (Fsp3) is 0.867. The average Bonchev–Trinajstić information content (AvgIpc) is 2.76. The molecule has 0 saturated heterocycles. The molecule has 0 spiro atoms. The van der Waals surface area contributed by atoms with E-state index in [0.717, 1.165) is 25.2 Å². The first-order valence-electron chi connectivity index (χ1n) is 7.58. The third kappa shape index (κ3) is 3.78. The molecule has 0 aliphatic heterocycles. The van der Waals surface area contributed by atoms with Crippen molar-refractivity contribution in [3.8, 4) is 0 Å². The summed E-state index contributed by atoms with van der Waals surface area (Å²) in [5, 5.41) is 15.1. The third-order valence-electron chi connectivity index (χ3n) is 4.23. The molecule has 0 radical (unpaired) electrons. The van der Waals surface area contributed by atoms with Crippen LogP contribution in [0, 0.1) is 11.8 Å². The summed E-state index contributed by atoms with van der Waals surface area (Å²) in [5.41, 5.74) is -0.651. The quantitative estimate of drug-likeness (QED) is 0.890. The summed E-state index contributed by atoms with van der Waals surface area (Å²) in [5.74, 6) is 1.87. The highest BCUT2D eigenvalue weighted by molar-refractivity contribution is 4.96. The highest BCUT2D eigenvalue weighted by Gasteiger charge is 2.34. The Hall–Kier alpha value is -0.900. The van der Waals surface area contributed by atoms with Gasteiger partial charge in [0.25, 0.3) is 0 Å². The van der Waals surface area contributed by atoms with Crippen molar-refractivity contribution in [1.82, 2.24) is 14.8 Å². The van der Waals surface area contributed by atoms with Gasteiger partial charge in [0.1, 0.15) is 12.2 Å². The predicted molar refractivity (Wildman–Crippen MR) is 75.8 cm³/mol. The van der Waals surface area contributed by atoms with Gasteiger partial charge >= 0.3 is 0 Å². The largest absolute Gasteiger partial charge is 0.389 e. The Morgan fingerprint density at radius 2 is 2.05 bits per heavy atom. The Morgan fingerprint density at radius 3 is 2.68 bits per heavy atom. The van der Waals surface area contributed by atoms with E-state index in [-0.39, 0.29) is 0 Å². The lowest BCUT2D eigenvalue weighted by atomic mass is 9.76. The third-order valence-corrected chi connectivity index (χ3v) is 4.23. The van der Waals surface area contributed by atoms with Crippen LogP contribution in [0.1, 0.15) is 58.7 Å². The van der Waals surface area contributed by atoms with E-state index in [0.29, 0.717) is 18.3 Å². The molecule has 1 aromatic rings. The van der Waals surface area contributed by atoms with Gasteiger partial charge in [-0.1, -0.05) is 33.1 Å². The van der Waals surface area contributed by atoms with Gasteiger partial charge in [0.15, 0.2) is 0 Å². The summed E-state index contributed by atoms with van der Waals surface area (Å²) in [7, 11) is 0. The molecule has 1 unspecified atom stereocenters. The number of aliphatic hydroxyl groups is 1. The van der Waals surface area contributed by atoms with E-state index in [1.54, 1.807) is 6.33 Å². The minimum atomic E-state index is -0.651. The van der Waals surface area contributed by atoms with Crippen LogP contribution in [-0.2, 0) is 13.0 Å². The molecule has 19 heavy (non-hydrogen) atoms. The lowest BCUT2D eigenvalue weighted by Crippen LogP contribution is -2.39. The van der Waals surface area contributed by atoms with E-state index in [9.17, 15) is 5.11 Å². The zero-order chi connectivity index (χ0) is 13.9. The van der Waals surface area contributed by atoms with Crippen LogP contribution in [0.25, 0.3) is 0 Å². The minimum Gasteiger partial charge on any atom is -0.389 e. The first kappa shape index (κ1) is 14.5. The molecular weight excluding hydrogens is 238 g/mol.